The molecule has 0 aromatic heterocycles. The smallest absolute Gasteiger partial charge is 0.321 e. The Bertz CT molecular complexity index is 321. The van der Waals surface area contributed by atoms with Gasteiger partial charge in [0, 0.05) is 12.8 Å². The van der Waals surface area contributed by atoms with Crippen molar-refractivity contribution in [3.63, 3.8) is 0 Å². The number of hydrogen-bond donors (Lipinski definition) is 1. The van der Waals surface area contributed by atoms with Crippen LogP contribution in [0.3, 0.4) is 0 Å². The Morgan fingerprint density at radius 3 is 2.00 bits per heavy atom. The fourth-order valence-electron chi connectivity index (χ4n) is 0.738. The fourth-order valence-corrected chi connectivity index (χ4v) is 0.738. The number of Topliss-reactive ketones (excluding diaryl/α,β-unsaturated/α-hetero) is 1. The minimum absolute atomic E-state index is 0.00664. The van der Waals surface area contributed by atoms with Crippen LogP contribution in [-0.2, 0) is 28.7 Å². The van der Waals surface area contributed by atoms with Crippen molar-refractivity contribution in [2.45, 2.75) is 39.4 Å². The Balaban J connectivity index is 4.12. The maximum absolute atomic E-state index is 11.1. The van der Waals surface area contributed by atoms with E-state index in [9.17, 15) is 19.2 Å². The van der Waals surface area contributed by atoms with Crippen LogP contribution in [0.5, 0.6) is 0 Å². The molecule has 7 nitrogen and oxygen atoms in total. The molecule has 0 aromatic carbocycles. The summed E-state index contributed by atoms with van der Waals surface area (Å²) in [5.74, 6) is -3.68. The van der Waals surface area contributed by atoms with Gasteiger partial charge in [-0.2, -0.15) is 0 Å². The predicted octanol–water partition coefficient (Wildman–Crippen LogP) is -0.303. The van der Waals surface area contributed by atoms with E-state index in [2.05, 4.69) is 9.47 Å². The van der Waals surface area contributed by atoms with Gasteiger partial charge in [0.1, 0.15) is 6.42 Å². The molecule has 17 heavy (non-hydrogen) atoms. The molecule has 0 saturated heterocycles. The number of aliphatic hydroxyl groups excluding tert-OH is 1. The number of ether oxygens (including phenoxy) is 2. The lowest BCUT2D eigenvalue weighted by molar-refractivity contribution is -0.177. The summed E-state index contributed by atoms with van der Waals surface area (Å²) in [6.45, 7) is 2.96. The van der Waals surface area contributed by atoms with Crippen LogP contribution in [0.1, 0.15) is 33.1 Å². The topological polar surface area (TPSA) is 107 Å². The van der Waals surface area contributed by atoms with Crippen LogP contribution in [0, 0.1) is 0 Å². The van der Waals surface area contributed by atoms with Crippen molar-refractivity contribution in [3.05, 3.63) is 0 Å². The Hall–Kier alpha value is -1.76. The van der Waals surface area contributed by atoms with E-state index < -0.39 is 36.4 Å². The molecule has 0 aliphatic rings. The van der Waals surface area contributed by atoms with Crippen LogP contribution in [0.2, 0.25) is 0 Å². The molecular weight excluding hydrogens is 232 g/mol. The number of carbonyl (C=O) groups is 4. The van der Waals surface area contributed by atoms with E-state index in [0.717, 1.165) is 0 Å². The second kappa shape index (κ2) is 7.50. The van der Waals surface area contributed by atoms with E-state index in [1.165, 1.54) is 13.8 Å². The van der Waals surface area contributed by atoms with Crippen LogP contribution in [0.15, 0.2) is 0 Å². The van der Waals surface area contributed by atoms with Crippen molar-refractivity contribution in [1.29, 1.82) is 0 Å². The molecule has 0 rings (SSSR count). The van der Waals surface area contributed by atoms with Crippen molar-refractivity contribution in [2.75, 3.05) is 0 Å². The summed E-state index contributed by atoms with van der Waals surface area (Å²) < 4.78 is 8.47. The van der Waals surface area contributed by atoms with Crippen LogP contribution in [0.25, 0.3) is 0 Å². The third-order valence-electron chi connectivity index (χ3n) is 1.64. The number of esters is 3. The van der Waals surface area contributed by atoms with E-state index in [1.54, 1.807) is 0 Å². The van der Waals surface area contributed by atoms with Crippen molar-refractivity contribution >= 4 is 23.7 Å². The molecular formula is C10H14O7. The molecule has 0 radical (unpaired) electrons. The van der Waals surface area contributed by atoms with Gasteiger partial charge in [-0.1, -0.05) is 13.8 Å². The van der Waals surface area contributed by atoms with Crippen LogP contribution in [0.4, 0.5) is 0 Å². The van der Waals surface area contributed by atoms with Gasteiger partial charge >= 0.3 is 17.9 Å². The first-order valence-corrected chi connectivity index (χ1v) is 5.04. The highest BCUT2D eigenvalue weighted by atomic mass is 16.6. The number of rotatable bonds is 6. The van der Waals surface area contributed by atoms with Crippen molar-refractivity contribution in [1.82, 2.24) is 0 Å². The molecule has 0 spiro atoms. The van der Waals surface area contributed by atoms with Gasteiger partial charge in [0.25, 0.3) is 6.29 Å². The second-order valence-corrected chi connectivity index (χ2v) is 3.04. The van der Waals surface area contributed by atoms with E-state index >= 15 is 0 Å². The molecule has 96 valence electrons. The Kier molecular flexibility index (Phi) is 6.73. The molecule has 0 fully saturated rings. The molecule has 7 heteroatoms. The lowest BCUT2D eigenvalue weighted by Gasteiger charge is -2.09. The first-order valence-electron chi connectivity index (χ1n) is 5.04. The maximum Gasteiger partial charge on any atom is 0.321 e. The third-order valence-corrected chi connectivity index (χ3v) is 1.64. The van der Waals surface area contributed by atoms with Gasteiger partial charge in [0.2, 0.25) is 5.78 Å². The van der Waals surface area contributed by atoms with E-state index in [4.69, 9.17) is 5.11 Å². The molecule has 0 aliphatic heterocycles. The first kappa shape index (κ1) is 15.2. The Labute approximate surface area is 97.7 Å². The van der Waals surface area contributed by atoms with Crippen molar-refractivity contribution < 1.29 is 33.8 Å². The van der Waals surface area contributed by atoms with Gasteiger partial charge in [-0.25, -0.2) is 0 Å². The highest BCUT2D eigenvalue weighted by Crippen LogP contribution is 1.99. The zero-order chi connectivity index (χ0) is 13.4. The lowest BCUT2D eigenvalue weighted by atomic mass is 10.3. The quantitative estimate of drug-likeness (QED) is 0.389. The van der Waals surface area contributed by atoms with Crippen LogP contribution < -0.4 is 0 Å². The Morgan fingerprint density at radius 1 is 1.00 bits per heavy atom. The SMILES string of the molecule is CCC(=O)OC(=O)CC(=O)C(O)OC(=O)CC. The number of ketones is 1. The first-order chi connectivity index (χ1) is 7.90. The number of carbonyl (C=O) groups excluding carboxylic acids is 4. The number of hydrogen-bond acceptors (Lipinski definition) is 7. The highest BCUT2D eigenvalue weighted by Gasteiger charge is 2.23. The van der Waals surface area contributed by atoms with Gasteiger partial charge in [-0.15, -0.1) is 0 Å². The summed E-state index contributed by atoms with van der Waals surface area (Å²) in [4.78, 5) is 43.5. The summed E-state index contributed by atoms with van der Waals surface area (Å²) in [6, 6.07) is 0. The molecule has 0 aliphatic carbocycles. The minimum Gasteiger partial charge on any atom is -0.428 e. The van der Waals surface area contributed by atoms with Crippen molar-refractivity contribution in [3.8, 4) is 0 Å². The van der Waals surface area contributed by atoms with Gasteiger partial charge in [0.15, 0.2) is 0 Å². The zero-order valence-electron chi connectivity index (χ0n) is 9.60. The molecule has 1 unspecified atom stereocenters. The second-order valence-electron chi connectivity index (χ2n) is 3.04. The van der Waals surface area contributed by atoms with Crippen LogP contribution in [-0.4, -0.2) is 35.1 Å². The molecule has 1 N–H and O–H groups in total. The standard InChI is InChI=1S/C10H14O7/c1-3-7(12)16-9(14)5-6(11)10(15)17-8(13)4-2/h10,15H,3-5H2,1-2H3. The molecule has 0 saturated carbocycles. The Morgan fingerprint density at radius 2 is 1.53 bits per heavy atom. The summed E-state index contributed by atoms with van der Waals surface area (Å²) >= 11 is 0. The van der Waals surface area contributed by atoms with Crippen molar-refractivity contribution in [2.24, 2.45) is 0 Å². The van der Waals surface area contributed by atoms with E-state index in [1.807, 2.05) is 0 Å². The average Bonchev–Trinajstić information content (AvgIpc) is 2.28. The normalized spacial score (nSPS) is 11.5. The number of aliphatic hydroxyl groups is 1. The molecule has 0 heterocycles. The third kappa shape index (κ3) is 6.41. The summed E-state index contributed by atoms with van der Waals surface area (Å²) in [7, 11) is 0. The maximum atomic E-state index is 11.1. The highest BCUT2D eigenvalue weighted by molar-refractivity contribution is 6.00. The van der Waals surface area contributed by atoms with Gasteiger partial charge in [0.05, 0.1) is 0 Å². The molecule has 0 aromatic rings. The summed E-state index contributed by atoms with van der Waals surface area (Å²) in [6.07, 6.45) is -2.85. The largest absolute Gasteiger partial charge is 0.428 e. The summed E-state index contributed by atoms with van der Waals surface area (Å²) in [5.41, 5.74) is 0. The predicted molar refractivity (Wildman–Crippen MR) is 53.4 cm³/mol. The molecule has 0 bridgehead atoms. The molecule has 1 atom stereocenters. The van der Waals surface area contributed by atoms with E-state index in [-0.39, 0.29) is 12.8 Å². The van der Waals surface area contributed by atoms with Gasteiger partial charge in [-0.3, -0.25) is 19.2 Å². The monoisotopic (exact) mass is 246 g/mol. The summed E-state index contributed by atoms with van der Waals surface area (Å²) in [5, 5.41) is 9.07. The zero-order valence-corrected chi connectivity index (χ0v) is 9.60. The molecule has 0 amide bonds. The van der Waals surface area contributed by atoms with Crippen LogP contribution >= 0.6 is 0 Å². The van der Waals surface area contributed by atoms with Gasteiger partial charge in [-0.05, 0) is 0 Å². The lowest BCUT2D eigenvalue weighted by Crippen LogP contribution is -2.29. The minimum atomic E-state index is -2.01. The fraction of sp³-hybridized carbons (Fsp3) is 0.600. The average molecular weight is 246 g/mol. The van der Waals surface area contributed by atoms with E-state index in [0.29, 0.717) is 0 Å². The van der Waals surface area contributed by atoms with Gasteiger partial charge < -0.3 is 14.6 Å².